The van der Waals surface area contributed by atoms with E-state index in [1.807, 2.05) is 0 Å². The number of hydrogen-bond donors (Lipinski definition) is 0. The lowest BCUT2D eigenvalue weighted by atomic mass is 10.0. The molecular weight excluding hydrogens is 841 g/mol. The van der Waals surface area contributed by atoms with Crippen molar-refractivity contribution in [1.29, 1.82) is 0 Å². The minimum atomic E-state index is -0.769. The van der Waals surface area contributed by atoms with E-state index in [9.17, 15) is 14.4 Å². The van der Waals surface area contributed by atoms with Crippen molar-refractivity contribution in [3.8, 4) is 0 Å². The molecule has 0 aromatic carbocycles. The molecule has 0 heterocycles. The van der Waals surface area contributed by atoms with Crippen molar-refractivity contribution in [2.24, 2.45) is 0 Å². The maximum absolute atomic E-state index is 12.8. The third kappa shape index (κ3) is 54.6. The van der Waals surface area contributed by atoms with Crippen LogP contribution in [0.5, 0.6) is 0 Å². The van der Waals surface area contributed by atoms with Crippen LogP contribution in [0.2, 0.25) is 0 Å². The number of carbonyl (C=O) groups excluding carboxylic acids is 3. The third-order valence-electron chi connectivity index (χ3n) is 13.4. The van der Waals surface area contributed by atoms with E-state index in [1.165, 1.54) is 218 Å². The molecule has 0 aliphatic carbocycles. The Kier molecular flexibility index (Phi) is 55.2. The van der Waals surface area contributed by atoms with E-state index in [2.05, 4.69) is 57.2 Å². The number of allylic oxidation sites excluding steroid dienone is 6. The van der Waals surface area contributed by atoms with Gasteiger partial charge in [-0.1, -0.05) is 263 Å². The zero-order valence-corrected chi connectivity index (χ0v) is 45.6. The molecule has 0 bridgehead atoms. The summed E-state index contributed by atoms with van der Waals surface area (Å²) in [5, 5.41) is 0. The van der Waals surface area contributed by atoms with E-state index in [0.717, 1.165) is 64.2 Å². The van der Waals surface area contributed by atoms with Crippen molar-refractivity contribution in [2.45, 2.75) is 329 Å². The molecule has 0 saturated heterocycles. The zero-order valence-electron chi connectivity index (χ0n) is 45.6. The second-order valence-electron chi connectivity index (χ2n) is 20.3. The van der Waals surface area contributed by atoms with Gasteiger partial charge in [-0.15, -0.1) is 0 Å². The molecule has 398 valence electrons. The fourth-order valence-electron chi connectivity index (χ4n) is 8.82. The number of hydrogen-bond acceptors (Lipinski definition) is 6. The van der Waals surface area contributed by atoms with Crippen molar-refractivity contribution in [2.75, 3.05) is 13.2 Å². The summed E-state index contributed by atoms with van der Waals surface area (Å²) in [7, 11) is 0. The van der Waals surface area contributed by atoms with Gasteiger partial charge in [-0.2, -0.15) is 0 Å². The lowest BCUT2D eigenvalue weighted by molar-refractivity contribution is -0.167. The van der Waals surface area contributed by atoms with E-state index in [4.69, 9.17) is 14.2 Å². The molecule has 0 fully saturated rings. The Bertz CT molecular complexity index is 1140. The topological polar surface area (TPSA) is 78.9 Å². The quantitative estimate of drug-likeness (QED) is 0.0262. The molecule has 0 radical (unpaired) electrons. The fraction of sp³-hybridized carbons (Fsp3) is 0.855. The third-order valence-corrected chi connectivity index (χ3v) is 13.4. The minimum absolute atomic E-state index is 0.0713. The summed E-state index contributed by atoms with van der Waals surface area (Å²) >= 11 is 0. The first-order valence-electron chi connectivity index (χ1n) is 30.0. The maximum atomic E-state index is 12.8. The second-order valence-corrected chi connectivity index (χ2v) is 20.3. The normalized spacial score (nSPS) is 12.2. The summed E-state index contributed by atoms with van der Waals surface area (Å²) in [4.78, 5) is 37.9. The highest BCUT2D eigenvalue weighted by Gasteiger charge is 2.19. The number of unbranched alkanes of at least 4 members (excludes halogenated alkanes) is 38. The lowest BCUT2D eigenvalue weighted by Crippen LogP contribution is -2.30. The van der Waals surface area contributed by atoms with E-state index >= 15 is 0 Å². The average Bonchev–Trinajstić information content (AvgIpc) is 3.34. The molecule has 0 spiro atoms. The van der Waals surface area contributed by atoms with Gasteiger partial charge in [-0.3, -0.25) is 14.4 Å². The molecule has 6 heteroatoms. The van der Waals surface area contributed by atoms with Crippen LogP contribution in [-0.2, 0) is 28.6 Å². The van der Waals surface area contributed by atoms with Gasteiger partial charge in [0, 0.05) is 19.3 Å². The molecule has 0 rings (SSSR count). The standard InChI is InChI=1S/C62H114O6/c1-4-7-10-13-16-18-20-22-24-26-28-30-31-33-34-36-38-40-42-44-46-49-52-55-61(64)67-58-59(57-66-60(63)54-51-48-15-12-9-6-3)68-62(65)56-53-50-47-45-43-41-39-37-35-32-29-27-25-23-21-19-17-14-11-8-5-2/h20,22,26-29,59H,4-19,21,23-25,30-58H2,1-3H3/b22-20-,28-26-,29-27-. The average molecular weight is 956 g/mol. The second kappa shape index (κ2) is 57.2. The van der Waals surface area contributed by atoms with Crippen LogP contribution < -0.4 is 0 Å². The number of esters is 3. The SMILES string of the molecule is CCCCCCC/C=C\C/C=C\CCCCCCCCCCCCCC(=O)OCC(COC(=O)CCCCCCCC)OC(=O)CCCCCCCCCCC/C=C\CCCCCCCCCC. The van der Waals surface area contributed by atoms with Crippen LogP contribution in [0.15, 0.2) is 36.5 Å². The smallest absolute Gasteiger partial charge is 0.306 e. The van der Waals surface area contributed by atoms with Gasteiger partial charge in [0.25, 0.3) is 0 Å². The van der Waals surface area contributed by atoms with Gasteiger partial charge in [0.2, 0.25) is 0 Å². The van der Waals surface area contributed by atoms with Crippen LogP contribution in [0.3, 0.4) is 0 Å². The van der Waals surface area contributed by atoms with E-state index in [0.29, 0.717) is 19.3 Å². The molecule has 0 saturated carbocycles. The monoisotopic (exact) mass is 955 g/mol. The molecule has 6 nitrogen and oxygen atoms in total. The molecule has 0 aliphatic heterocycles. The predicted molar refractivity (Wildman–Crippen MR) is 293 cm³/mol. The van der Waals surface area contributed by atoms with Gasteiger partial charge in [-0.25, -0.2) is 0 Å². The maximum Gasteiger partial charge on any atom is 0.306 e. The van der Waals surface area contributed by atoms with Crippen LogP contribution >= 0.6 is 0 Å². The van der Waals surface area contributed by atoms with Crippen molar-refractivity contribution in [3.05, 3.63) is 36.5 Å². The molecule has 68 heavy (non-hydrogen) atoms. The van der Waals surface area contributed by atoms with Gasteiger partial charge < -0.3 is 14.2 Å². The first-order valence-corrected chi connectivity index (χ1v) is 30.0. The summed E-state index contributed by atoms with van der Waals surface area (Å²) in [6.45, 7) is 6.61. The Morgan fingerprint density at radius 3 is 0.824 bits per heavy atom. The van der Waals surface area contributed by atoms with Gasteiger partial charge in [0.05, 0.1) is 0 Å². The van der Waals surface area contributed by atoms with Crippen molar-refractivity contribution >= 4 is 17.9 Å². The molecule has 0 N–H and O–H groups in total. The Morgan fingerprint density at radius 2 is 0.529 bits per heavy atom. The number of carbonyl (C=O) groups is 3. The van der Waals surface area contributed by atoms with Crippen LogP contribution in [0.25, 0.3) is 0 Å². The highest BCUT2D eigenvalue weighted by Crippen LogP contribution is 2.16. The molecule has 0 aliphatic rings. The van der Waals surface area contributed by atoms with E-state index in [-0.39, 0.29) is 31.1 Å². The molecular formula is C62H114O6. The summed E-state index contributed by atoms with van der Waals surface area (Å²) in [5.74, 6) is -0.869. The van der Waals surface area contributed by atoms with Crippen molar-refractivity contribution in [1.82, 2.24) is 0 Å². The van der Waals surface area contributed by atoms with Gasteiger partial charge >= 0.3 is 17.9 Å². The molecule has 0 aromatic rings. The number of ether oxygens (including phenoxy) is 3. The molecule has 0 aromatic heterocycles. The summed E-state index contributed by atoms with van der Waals surface area (Å²) in [5.41, 5.74) is 0. The summed E-state index contributed by atoms with van der Waals surface area (Å²) in [6.07, 6.45) is 68.9. The van der Waals surface area contributed by atoms with Crippen LogP contribution in [0, 0.1) is 0 Å². The Labute approximate surface area is 423 Å². The van der Waals surface area contributed by atoms with E-state index in [1.54, 1.807) is 0 Å². The van der Waals surface area contributed by atoms with Crippen LogP contribution in [0.4, 0.5) is 0 Å². The minimum Gasteiger partial charge on any atom is -0.462 e. The van der Waals surface area contributed by atoms with Gasteiger partial charge in [0.15, 0.2) is 6.10 Å². The summed E-state index contributed by atoms with van der Waals surface area (Å²) in [6, 6.07) is 0. The molecule has 0 amide bonds. The first-order chi connectivity index (χ1) is 33.5. The molecule has 1 unspecified atom stereocenters. The van der Waals surface area contributed by atoms with E-state index < -0.39 is 6.10 Å². The predicted octanol–water partition coefficient (Wildman–Crippen LogP) is 20.0. The number of rotatable bonds is 55. The Morgan fingerprint density at radius 1 is 0.294 bits per heavy atom. The Hall–Kier alpha value is -2.37. The van der Waals surface area contributed by atoms with Crippen molar-refractivity contribution < 1.29 is 28.6 Å². The largest absolute Gasteiger partial charge is 0.462 e. The van der Waals surface area contributed by atoms with Gasteiger partial charge in [-0.05, 0) is 77.0 Å². The Balaban J connectivity index is 4.10. The van der Waals surface area contributed by atoms with Crippen LogP contribution in [0.1, 0.15) is 323 Å². The highest BCUT2D eigenvalue weighted by atomic mass is 16.6. The highest BCUT2D eigenvalue weighted by molar-refractivity contribution is 5.71. The fourth-order valence-corrected chi connectivity index (χ4v) is 8.82. The molecule has 1 atom stereocenters. The van der Waals surface area contributed by atoms with Crippen molar-refractivity contribution in [3.63, 3.8) is 0 Å². The lowest BCUT2D eigenvalue weighted by Gasteiger charge is -2.18. The summed E-state index contributed by atoms with van der Waals surface area (Å²) < 4.78 is 16.8. The first kappa shape index (κ1) is 65.6. The van der Waals surface area contributed by atoms with Crippen LogP contribution in [-0.4, -0.2) is 37.2 Å². The van der Waals surface area contributed by atoms with Gasteiger partial charge in [0.1, 0.15) is 13.2 Å². The zero-order chi connectivity index (χ0) is 49.3.